The van der Waals surface area contributed by atoms with Crippen LogP contribution in [0.2, 0.25) is 0 Å². The van der Waals surface area contributed by atoms with Crippen LogP contribution in [0.5, 0.6) is 0 Å². The van der Waals surface area contributed by atoms with Crippen molar-refractivity contribution in [1.82, 2.24) is 14.6 Å². The third kappa shape index (κ3) is 4.05. The first-order chi connectivity index (χ1) is 12.1. The summed E-state index contributed by atoms with van der Waals surface area (Å²) >= 11 is 0. The summed E-state index contributed by atoms with van der Waals surface area (Å²) in [6.45, 7) is 1.26. The molecule has 1 amide bonds. The van der Waals surface area contributed by atoms with E-state index in [1.165, 1.54) is 10.4 Å². The molecule has 0 spiro atoms. The molecule has 0 atom stereocenters. The Balaban J connectivity index is 1.81. The molecule has 132 valence electrons. The molecule has 3 rings (SSSR count). The van der Waals surface area contributed by atoms with Crippen molar-refractivity contribution in [2.45, 2.75) is 30.7 Å². The van der Waals surface area contributed by atoms with E-state index in [0.29, 0.717) is 18.8 Å². The highest BCUT2D eigenvalue weighted by atomic mass is 32.2. The average molecular weight is 359 g/mol. The first kappa shape index (κ1) is 17.6. The van der Waals surface area contributed by atoms with E-state index in [0.717, 1.165) is 19.3 Å². The Morgan fingerprint density at radius 1 is 1.04 bits per heavy atom. The molecule has 0 unspecified atom stereocenters. The molecular formula is C18H21N3O3S. The Morgan fingerprint density at radius 2 is 1.76 bits per heavy atom. The Bertz CT molecular complexity index is 832. The van der Waals surface area contributed by atoms with Crippen molar-refractivity contribution in [2.75, 3.05) is 13.1 Å². The van der Waals surface area contributed by atoms with Crippen molar-refractivity contribution in [2.24, 2.45) is 0 Å². The first-order valence-electron chi connectivity index (χ1n) is 8.36. The van der Waals surface area contributed by atoms with Gasteiger partial charge in [0.2, 0.25) is 10.0 Å². The standard InChI is InChI=1S/C18H21N3O3S/c22-18(20-14-15-8-4-5-11-19-15)16-9-2-3-10-17(16)25(23,24)21-12-6-1-7-13-21/h2-5,8-11H,1,6-7,12-14H2,(H,20,22). The third-order valence-corrected chi connectivity index (χ3v) is 6.18. The van der Waals surface area contributed by atoms with E-state index >= 15 is 0 Å². The fraction of sp³-hybridized carbons (Fsp3) is 0.333. The largest absolute Gasteiger partial charge is 0.346 e. The zero-order chi connectivity index (χ0) is 17.7. The summed E-state index contributed by atoms with van der Waals surface area (Å²) in [6, 6.07) is 11.8. The van der Waals surface area contributed by atoms with E-state index < -0.39 is 15.9 Å². The molecule has 1 aromatic carbocycles. The molecule has 1 fully saturated rings. The minimum Gasteiger partial charge on any atom is -0.346 e. The Labute approximate surface area is 147 Å². The molecule has 2 heterocycles. The van der Waals surface area contributed by atoms with Gasteiger partial charge in [-0.05, 0) is 37.1 Å². The lowest BCUT2D eigenvalue weighted by molar-refractivity contribution is 0.0947. The van der Waals surface area contributed by atoms with E-state index in [9.17, 15) is 13.2 Å². The zero-order valence-corrected chi connectivity index (χ0v) is 14.7. The maximum Gasteiger partial charge on any atom is 0.252 e. The molecule has 1 aromatic heterocycles. The van der Waals surface area contributed by atoms with Crippen LogP contribution in [-0.2, 0) is 16.6 Å². The maximum absolute atomic E-state index is 12.9. The second-order valence-corrected chi connectivity index (χ2v) is 7.87. The summed E-state index contributed by atoms with van der Waals surface area (Å²) in [6.07, 6.45) is 4.40. The lowest BCUT2D eigenvalue weighted by Gasteiger charge is -2.26. The molecule has 0 bridgehead atoms. The van der Waals surface area contributed by atoms with Gasteiger partial charge in [-0.2, -0.15) is 4.31 Å². The van der Waals surface area contributed by atoms with Crippen molar-refractivity contribution in [3.05, 3.63) is 59.9 Å². The van der Waals surface area contributed by atoms with Gasteiger partial charge >= 0.3 is 0 Å². The van der Waals surface area contributed by atoms with Gasteiger partial charge in [-0.1, -0.05) is 24.6 Å². The molecule has 0 saturated carbocycles. The summed E-state index contributed by atoms with van der Waals surface area (Å²) in [5.41, 5.74) is 0.885. The molecular weight excluding hydrogens is 338 g/mol. The van der Waals surface area contributed by atoms with Gasteiger partial charge in [0.1, 0.15) is 0 Å². The van der Waals surface area contributed by atoms with Gasteiger partial charge < -0.3 is 5.32 Å². The monoisotopic (exact) mass is 359 g/mol. The highest BCUT2D eigenvalue weighted by Crippen LogP contribution is 2.23. The van der Waals surface area contributed by atoms with Crippen LogP contribution in [0.25, 0.3) is 0 Å². The quantitative estimate of drug-likeness (QED) is 0.887. The molecule has 1 aliphatic rings. The molecule has 6 nitrogen and oxygen atoms in total. The van der Waals surface area contributed by atoms with Gasteiger partial charge in [0.25, 0.3) is 5.91 Å². The molecule has 7 heteroatoms. The van der Waals surface area contributed by atoms with Crippen molar-refractivity contribution in [3.8, 4) is 0 Å². The van der Waals surface area contributed by atoms with Crippen LogP contribution in [0.4, 0.5) is 0 Å². The fourth-order valence-electron chi connectivity index (χ4n) is 2.89. The highest BCUT2D eigenvalue weighted by Gasteiger charge is 2.29. The number of amides is 1. The SMILES string of the molecule is O=C(NCc1ccccn1)c1ccccc1S(=O)(=O)N1CCCCC1. The summed E-state index contributed by atoms with van der Waals surface area (Å²) < 4.78 is 27.3. The highest BCUT2D eigenvalue weighted by molar-refractivity contribution is 7.89. The number of rotatable bonds is 5. The molecule has 1 N–H and O–H groups in total. The lowest BCUT2D eigenvalue weighted by atomic mass is 10.2. The van der Waals surface area contributed by atoms with Crippen LogP contribution in [0.1, 0.15) is 35.3 Å². The number of piperidine rings is 1. The number of benzene rings is 1. The fourth-order valence-corrected chi connectivity index (χ4v) is 4.60. The van der Waals surface area contributed by atoms with Crippen LogP contribution in [0, 0.1) is 0 Å². The minimum absolute atomic E-state index is 0.0652. The van der Waals surface area contributed by atoms with Crippen LogP contribution in [0.3, 0.4) is 0 Å². The molecule has 1 saturated heterocycles. The first-order valence-corrected chi connectivity index (χ1v) is 9.80. The van der Waals surface area contributed by atoms with E-state index in [-0.39, 0.29) is 17.0 Å². The smallest absolute Gasteiger partial charge is 0.252 e. The van der Waals surface area contributed by atoms with Crippen LogP contribution in [0.15, 0.2) is 53.6 Å². The third-order valence-electron chi connectivity index (χ3n) is 4.22. The van der Waals surface area contributed by atoms with Crippen molar-refractivity contribution < 1.29 is 13.2 Å². The van der Waals surface area contributed by atoms with Gasteiger partial charge in [0, 0.05) is 19.3 Å². The second kappa shape index (κ2) is 7.76. The summed E-state index contributed by atoms with van der Waals surface area (Å²) in [5, 5.41) is 2.75. The second-order valence-electron chi connectivity index (χ2n) is 5.96. The van der Waals surface area contributed by atoms with E-state index in [1.54, 1.807) is 36.5 Å². The van der Waals surface area contributed by atoms with Crippen molar-refractivity contribution >= 4 is 15.9 Å². The molecule has 1 aliphatic heterocycles. The Kier molecular flexibility index (Phi) is 5.45. The van der Waals surface area contributed by atoms with Crippen LogP contribution in [-0.4, -0.2) is 36.7 Å². The van der Waals surface area contributed by atoms with Gasteiger partial charge in [-0.25, -0.2) is 8.42 Å². The Morgan fingerprint density at radius 3 is 2.48 bits per heavy atom. The topological polar surface area (TPSA) is 79.4 Å². The van der Waals surface area contributed by atoms with Crippen molar-refractivity contribution in [1.29, 1.82) is 0 Å². The predicted octanol–water partition coefficient (Wildman–Crippen LogP) is 2.19. The predicted molar refractivity (Wildman–Crippen MR) is 94.5 cm³/mol. The van der Waals surface area contributed by atoms with Gasteiger partial charge in [-0.3, -0.25) is 9.78 Å². The lowest BCUT2D eigenvalue weighted by Crippen LogP contribution is -2.37. The normalized spacial score (nSPS) is 15.7. The summed E-state index contributed by atoms with van der Waals surface area (Å²) in [7, 11) is -3.66. The number of carbonyl (C=O) groups excluding carboxylic acids is 1. The van der Waals surface area contributed by atoms with Crippen molar-refractivity contribution in [3.63, 3.8) is 0 Å². The number of sulfonamides is 1. The van der Waals surface area contributed by atoms with Gasteiger partial charge in [0.15, 0.2) is 0 Å². The zero-order valence-electron chi connectivity index (χ0n) is 13.9. The van der Waals surface area contributed by atoms with E-state index in [2.05, 4.69) is 10.3 Å². The molecule has 0 aliphatic carbocycles. The van der Waals surface area contributed by atoms with Gasteiger partial charge in [0.05, 0.1) is 22.7 Å². The summed E-state index contributed by atoms with van der Waals surface area (Å²) in [5.74, 6) is -0.415. The molecule has 25 heavy (non-hydrogen) atoms. The molecule has 2 aromatic rings. The number of hydrogen-bond donors (Lipinski definition) is 1. The number of pyridine rings is 1. The van der Waals surface area contributed by atoms with Gasteiger partial charge in [-0.15, -0.1) is 0 Å². The number of nitrogens with zero attached hydrogens (tertiary/aromatic N) is 2. The maximum atomic E-state index is 12.9. The number of nitrogens with one attached hydrogen (secondary N) is 1. The van der Waals surface area contributed by atoms with Crippen LogP contribution >= 0.6 is 0 Å². The summed E-state index contributed by atoms with van der Waals surface area (Å²) in [4.78, 5) is 16.8. The number of hydrogen-bond acceptors (Lipinski definition) is 4. The number of aromatic nitrogens is 1. The average Bonchev–Trinajstić information content (AvgIpc) is 2.67. The Hall–Kier alpha value is -2.25. The molecule has 0 radical (unpaired) electrons. The van der Waals surface area contributed by atoms with E-state index in [1.807, 2.05) is 6.07 Å². The van der Waals surface area contributed by atoms with Crippen LogP contribution < -0.4 is 5.32 Å². The number of carbonyl (C=O) groups is 1. The van der Waals surface area contributed by atoms with E-state index in [4.69, 9.17) is 0 Å². The minimum atomic E-state index is -3.66.